The molecule has 3 heteroatoms. The third kappa shape index (κ3) is 2.47. The van der Waals surface area contributed by atoms with Crippen molar-refractivity contribution in [3.63, 3.8) is 0 Å². The van der Waals surface area contributed by atoms with E-state index in [1.807, 2.05) is 0 Å². The van der Waals surface area contributed by atoms with E-state index in [-0.39, 0.29) is 6.04 Å². The highest BCUT2D eigenvalue weighted by Gasteiger charge is 2.18. The summed E-state index contributed by atoms with van der Waals surface area (Å²) in [4.78, 5) is 2.28. The molecule has 0 aromatic carbocycles. The van der Waals surface area contributed by atoms with E-state index >= 15 is 0 Å². The number of rotatable bonds is 3. The Bertz CT molecular complexity index is 156. The molecule has 12 heavy (non-hydrogen) atoms. The van der Waals surface area contributed by atoms with Crippen LogP contribution in [0.5, 0.6) is 0 Å². The Morgan fingerprint density at radius 1 is 1.50 bits per heavy atom. The van der Waals surface area contributed by atoms with Gasteiger partial charge in [-0.3, -0.25) is 4.90 Å². The van der Waals surface area contributed by atoms with Crippen molar-refractivity contribution >= 4 is 0 Å². The van der Waals surface area contributed by atoms with Gasteiger partial charge in [-0.05, 0) is 6.42 Å². The van der Waals surface area contributed by atoms with Crippen molar-refractivity contribution in [2.75, 3.05) is 26.2 Å². The number of hydrogen-bond donors (Lipinski definition) is 1. The van der Waals surface area contributed by atoms with Gasteiger partial charge in [-0.15, -0.1) is 0 Å². The van der Waals surface area contributed by atoms with Gasteiger partial charge in [0.1, 0.15) is 0 Å². The molecule has 0 radical (unpaired) electrons. The molecule has 1 atom stereocenters. The van der Waals surface area contributed by atoms with Crippen LogP contribution in [0, 0.1) is 11.3 Å². The predicted octanol–water partition coefficient (Wildman–Crippen LogP) is 0.584. The molecule has 68 valence electrons. The summed E-state index contributed by atoms with van der Waals surface area (Å²) in [5.74, 6) is 0. The standard InChI is InChI=1S/C9H17N3/c1-2-3-9(8-10)12-6-4-11-5-7-12/h9,11H,2-7H2,1H3. The van der Waals surface area contributed by atoms with Crippen LogP contribution in [0.4, 0.5) is 0 Å². The van der Waals surface area contributed by atoms with Crippen LogP contribution in [0.25, 0.3) is 0 Å². The van der Waals surface area contributed by atoms with E-state index in [0.29, 0.717) is 0 Å². The highest BCUT2D eigenvalue weighted by molar-refractivity contribution is 4.92. The van der Waals surface area contributed by atoms with E-state index in [9.17, 15) is 0 Å². The van der Waals surface area contributed by atoms with Crippen LogP contribution >= 0.6 is 0 Å². The fourth-order valence-electron chi connectivity index (χ4n) is 1.60. The quantitative estimate of drug-likeness (QED) is 0.668. The summed E-state index contributed by atoms with van der Waals surface area (Å²) in [6.07, 6.45) is 2.11. The molecule has 0 spiro atoms. The Labute approximate surface area is 74.4 Å². The lowest BCUT2D eigenvalue weighted by molar-refractivity contribution is 0.198. The summed E-state index contributed by atoms with van der Waals surface area (Å²) in [7, 11) is 0. The topological polar surface area (TPSA) is 39.1 Å². The third-order valence-corrected chi connectivity index (χ3v) is 2.30. The molecule has 1 N–H and O–H groups in total. The van der Waals surface area contributed by atoms with Crippen LogP contribution in [0.2, 0.25) is 0 Å². The largest absolute Gasteiger partial charge is 0.314 e. The highest BCUT2D eigenvalue weighted by Crippen LogP contribution is 2.06. The van der Waals surface area contributed by atoms with E-state index in [1.54, 1.807) is 0 Å². The van der Waals surface area contributed by atoms with Gasteiger partial charge in [-0.25, -0.2) is 0 Å². The first kappa shape index (κ1) is 9.50. The van der Waals surface area contributed by atoms with E-state index in [4.69, 9.17) is 5.26 Å². The van der Waals surface area contributed by atoms with Crippen LogP contribution < -0.4 is 5.32 Å². The van der Waals surface area contributed by atoms with E-state index in [1.165, 1.54) is 0 Å². The Balaban J connectivity index is 2.36. The molecule has 0 aromatic heterocycles. The van der Waals surface area contributed by atoms with Crippen LogP contribution in [0.15, 0.2) is 0 Å². The van der Waals surface area contributed by atoms with Crippen molar-refractivity contribution in [3.05, 3.63) is 0 Å². The summed E-state index contributed by atoms with van der Waals surface area (Å²) in [6.45, 7) is 6.24. The monoisotopic (exact) mass is 167 g/mol. The maximum Gasteiger partial charge on any atom is 0.0978 e. The second-order valence-corrected chi connectivity index (χ2v) is 3.22. The van der Waals surface area contributed by atoms with Crippen molar-refractivity contribution in [3.8, 4) is 6.07 Å². The number of hydrogen-bond acceptors (Lipinski definition) is 3. The molecule has 1 saturated heterocycles. The fourth-order valence-corrected chi connectivity index (χ4v) is 1.60. The van der Waals surface area contributed by atoms with Crippen molar-refractivity contribution in [2.24, 2.45) is 0 Å². The summed E-state index contributed by atoms with van der Waals surface area (Å²) < 4.78 is 0. The van der Waals surface area contributed by atoms with Crippen molar-refractivity contribution in [1.82, 2.24) is 10.2 Å². The van der Waals surface area contributed by atoms with Crippen molar-refractivity contribution < 1.29 is 0 Å². The SMILES string of the molecule is CCCC(C#N)N1CCNCC1. The molecule has 1 fully saturated rings. The van der Waals surface area contributed by atoms with Crippen LogP contribution in [0.1, 0.15) is 19.8 Å². The highest BCUT2D eigenvalue weighted by atomic mass is 15.2. The van der Waals surface area contributed by atoms with Crippen LogP contribution in [-0.2, 0) is 0 Å². The fraction of sp³-hybridized carbons (Fsp3) is 0.889. The van der Waals surface area contributed by atoms with Gasteiger partial charge in [0, 0.05) is 26.2 Å². The zero-order valence-corrected chi connectivity index (χ0v) is 7.71. The molecule has 1 unspecified atom stereocenters. The number of nitrogens with one attached hydrogen (secondary N) is 1. The Kier molecular flexibility index (Phi) is 4.06. The zero-order chi connectivity index (χ0) is 8.81. The summed E-state index contributed by atoms with van der Waals surface area (Å²) in [5.41, 5.74) is 0. The molecule has 0 saturated carbocycles. The molecule has 3 nitrogen and oxygen atoms in total. The minimum Gasteiger partial charge on any atom is -0.314 e. The van der Waals surface area contributed by atoms with E-state index in [2.05, 4.69) is 23.2 Å². The molecule has 0 amide bonds. The normalized spacial score (nSPS) is 21.7. The molecule has 0 aromatic rings. The van der Waals surface area contributed by atoms with Gasteiger partial charge in [0.15, 0.2) is 0 Å². The lowest BCUT2D eigenvalue weighted by atomic mass is 10.1. The van der Waals surface area contributed by atoms with Gasteiger partial charge in [-0.1, -0.05) is 13.3 Å². The maximum absolute atomic E-state index is 8.90. The van der Waals surface area contributed by atoms with Gasteiger partial charge < -0.3 is 5.32 Å². The zero-order valence-electron chi connectivity index (χ0n) is 7.71. The van der Waals surface area contributed by atoms with Gasteiger partial charge in [0.05, 0.1) is 12.1 Å². The smallest absolute Gasteiger partial charge is 0.0978 e. The average molecular weight is 167 g/mol. The number of piperazine rings is 1. The number of nitrogens with zero attached hydrogens (tertiary/aromatic N) is 2. The molecule has 0 bridgehead atoms. The lowest BCUT2D eigenvalue weighted by Gasteiger charge is -2.30. The maximum atomic E-state index is 8.90. The minimum atomic E-state index is 0.150. The molecule has 1 rings (SSSR count). The summed E-state index contributed by atoms with van der Waals surface area (Å²) >= 11 is 0. The first-order valence-electron chi connectivity index (χ1n) is 4.73. The molecular formula is C9H17N3. The van der Waals surface area contributed by atoms with E-state index < -0.39 is 0 Å². The average Bonchev–Trinajstić information content (AvgIpc) is 2.15. The molecule has 1 heterocycles. The van der Waals surface area contributed by atoms with Crippen LogP contribution in [0.3, 0.4) is 0 Å². The Hall–Kier alpha value is -0.590. The molecule has 1 aliphatic heterocycles. The van der Waals surface area contributed by atoms with Crippen LogP contribution in [-0.4, -0.2) is 37.1 Å². The Morgan fingerprint density at radius 2 is 2.17 bits per heavy atom. The molecule has 1 aliphatic rings. The van der Waals surface area contributed by atoms with E-state index in [0.717, 1.165) is 39.0 Å². The molecule has 0 aliphatic carbocycles. The lowest BCUT2D eigenvalue weighted by Crippen LogP contribution is -2.47. The first-order chi connectivity index (χ1) is 5.88. The van der Waals surface area contributed by atoms with Gasteiger partial charge in [0.25, 0.3) is 0 Å². The van der Waals surface area contributed by atoms with Crippen molar-refractivity contribution in [2.45, 2.75) is 25.8 Å². The van der Waals surface area contributed by atoms with Gasteiger partial charge in [-0.2, -0.15) is 5.26 Å². The van der Waals surface area contributed by atoms with Gasteiger partial charge >= 0.3 is 0 Å². The van der Waals surface area contributed by atoms with Crippen molar-refractivity contribution in [1.29, 1.82) is 5.26 Å². The predicted molar refractivity (Wildman–Crippen MR) is 48.8 cm³/mol. The summed E-state index contributed by atoms with van der Waals surface area (Å²) in [5, 5.41) is 12.2. The summed E-state index contributed by atoms with van der Waals surface area (Å²) in [6, 6.07) is 2.52. The second-order valence-electron chi connectivity index (χ2n) is 3.22. The number of nitriles is 1. The molecular weight excluding hydrogens is 150 g/mol. The minimum absolute atomic E-state index is 0.150. The first-order valence-corrected chi connectivity index (χ1v) is 4.73. The second kappa shape index (κ2) is 5.13. The Morgan fingerprint density at radius 3 is 2.67 bits per heavy atom. The third-order valence-electron chi connectivity index (χ3n) is 2.30. The van der Waals surface area contributed by atoms with Gasteiger partial charge in [0.2, 0.25) is 0 Å².